The number of aryl methyl sites for hydroxylation is 2. The van der Waals surface area contributed by atoms with Gasteiger partial charge in [0.05, 0.1) is 0 Å². The van der Waals surface area contributed by atoms with Crippen LogP contribution in [0.4, 0.5) is 13.2 Å². The van der Waals surface area contributed by atoms with Crippen molar-refractivity contribution in [2.24, 2.45) is 0 Å². The molecule has 0 fully saturated rings. The second kappa shape index (κ2) is 5.87. The summed E-state index contributed by atoms with van der Waals surface area (Å²) >= 11 is 0. The quantitative estimate of drug-likeness (QED) is 0.740. The Morgan fingerprint density at radius 1 is 0.957 bits per heavy atom. The van der Waals surface area contributed by atoms with Gasteiger partial charge in [0.2, 0.25) is 0 Å². The van der Waals surface area contributed by atoms with E-state index in [1.165, 1.54) is 12.1 Å². The Morgan fingerprint density at radius 2 is 1.65 bits per heavy atom. The number of hydrogen-bond donors (Lipinski definition) is 2. The Morgan fingerprint density at radius 3 is 2.35 bits per heavy atom. The molecule has 0 bridgehead atoms. The normalized spacial score (nSPS) is 11.8. The van der Waals surface area contributed by atoms with Gasteiger partial charge in [-0.3, -0.25) is 0 Å². The van der Waals surface area contributed by atoms with Crippen LogP contribution < -0.4 is 4.74 Å². The van der Waals surface area contributed by atoms with E-state index in [4.69, 9.17) is 0 Å². The summed E-state index contributed by atoms with van der Waals surface area (Å²) < 4.78 is 40.1. The summed E-state index contributed by atoms with van der Waals surface area (Å²) in [6, 6.07) is 11.3. The Labute approximate surface area is 130 Å². The molecule has 0 amide bonds. The predicted octanol–water partition coefficient (Wildman–Crippen LogP) is 4.56. The first-order valence-corrected chi connectivity index (χ1v) is 7.04. The molecule has 23 heavy (non-hydrogen) atoms. The number of rotatable bonds is 4. The molecular weight excluding hydrogens is 307 g/mol. The molecule has 1 aromatic heterocycles. The molecule has 0 aliphatic rings. The van der Waals surface area contributed by atoms with Gasteiger partial charge < -0.3 is 14.8 Å². The molecule has 3 aromatic rings. The Hall–Kier alpha value is -2.63. The number of ether oxygens (including phenoxy) is 1. The average molecular weight is 321 g/mol. The second-order valence-electron chi connectivity index (χ2n) is 5.25. The third-order valence-electron chi connectivity index (χ3n) is 3.57. The number of nitrogens with one attached hydrogen (secondary N) is 1. The summed E-state index contributed by atoms with van der Waals surface area (Å²) in [7, 11) is 0. The van der Waals surface area contributed by atoms with Gasteiger partial charge >= 0.3 is 6.36 Å². The van der Waals surface area contributed by atoms with Gasteiger partial charge in [-0.05, 0) is 54.3 Å². The van der Waals surface area contributed by atoms with Gasteiger partial charge in [0.15, 0.2) is 0 Å². The maximum atomic E-state index is 12.1. The summed E-state index contributed by atoms with van der Waals surface area (Å²) in [4.78, 5) is 3.05. The van der Waals surface area contributed by atoms with Crippen molar-refractivity contribution in [1.29, 1.82) is 0 Å². The number of alkyl halides is 3. The molecule has 1 heterocycles. The van der Waals surface area contributed by atoms with Crippen molar-refractivity contribution in [3.63, 3.8) is 0 Å². The first-order valence-electron chi connectivity index (χ1n) is 7.04. The van der Waals surface area contributed by atoms with Gasteiger partial charge in [0, 0.05) is 17.1 Å². The van der Waals surface area contributed by atoms with E-state index in [1.54, 1.807) is 30.5 Å². The van der Waals surface area contributed by atoms with Crippen LogP contribution in [0.25, 0.3) is 10.9 Å². The van der Waals surface area contributed by atoms with Crippen molar-refractivity contribution in [2.45, 2.75) is 19.2 Å². The number of phenols is 1. The third-order valence-corrected chi connectivity index (χ3v) is 3.57. The van der Waals surface area contributed by atoms with Crippen molar-refractivity contribution in [3.8, 4) is 11.5 Å². The Balaban J connectivity index is 1.67. The first kappa shape index (κ1) is 15.3. The molecule has 0 unspecified atom stereocenters. The number of aromatic amines is 1. The van der Waals surface area contributed by atoms with E-state index in [-0.39, 0.29) is 11.5 Å². The average Bonchev–Trinajstić information content (AvgIpc) is 2.94. The highest BCUT2D eigenvalue weighted by molar-refractivity contribution is 5.86. The van der Waals surface area contributed by atoms with Crippen LogP contribution in [0.5, 0.6) is 11.5 Å². The Kier molecular flexibility index (Phi) is 3.90. The van der Waals surface area contributed by atoms with E-state index < -0.39 is 6.36 Å². The van der Waals surface area contributed by atoms with Gasteiger partial charge in [-0.15, -0.1) is 13.2 Å². The van der Waals surface area contributed by atoms with Crippen molar-refractivity contribution >= 4 is 10.9 Å². The first-order chi connectivity index (χ1) is 10.9. The summed E-state index contributed by atoms with van der Waals surface area (Å²) in [5, 5.41) is 10.7. The number of H-pyrrole nitrogens is 1. The summed E-state index contributed by atoms with van der Waals surface area (Å²) in [5.74, 6) is -0.0145. The highest BCUT2D eigenvalue weighted by Gasteiger charge is 2.30. The molecule has 0 spiro atoms. The molecule has 0 saturated carbocycles. The molecular formula is C17H14F3NO2. The van der Waals surface area contributed by atoms with Gasteiger partial charge in [-0.25, -0.2) is 0 Å². The topological polar surface area (TPSA) is 45.2 Å². The second-order valence-corrected chi connectivity index (χ2v) is 5.25. The van der Waals surface area contributed by atoms with E-state index in [1.807, 2.05) is 6.07 Å². The van der Waals surface area contributed by atoms with Crippen molar-refractivity contribution in [2.75, 3.05) is 0 Å². The number of hydrogen-bond acceptors (Lipinski definition) is 2. The van der Waals surface area contributed by atoms with E-state index in [0.717, 1.165) is 22.0 Å². The maximum absolute atomic E-state index is 12.1. The zero-order chi connectivity index (χ0) is 16.4. The van der Waals surface area contributed by atoms with Gasteiger partial charge in [-0.2, -0.15) is 0 Å². The number of benzene rings is 2. The monoisotopic (exact) mass is 321 g/mol. The van der Waals surface area contributed by atoms with Crippen molar-refractivity contribution in [3.05, 3.63) is 59.8 Å². The number of phenolic OH excluding ortho intramolecular Hbond substituents is 1. The highest BCUT2D eigenvalue weighted by atomic mass is 19.4. The van der Waals surface area contributed by atoms with E-state index in [2.05, 4.69) is 9.72 Å². The van der Waals surface area contributed by atoms with Gasteiger partial charge in [0.1, 0.15) is 11.5 Å². The molecule has 0 saturated heterocycles. The standard InChI is InChI=1S/C17H14F3NO2/c18-17(19,20)23-13-5-3-11(4-6-13)1-2-12-9-15-14(7-8-21-15)16(22)10-12/h3-10,21-22H,1-2H2. The largest absolute Gasteiger partial charge is 0.573 e. The molecule has 0 radical (unpaired) electrons. The smallest absolute Gasteiger partial charge is 0.507 e. The molecule has 0 atom stereocenters. The molecule has 0 aliphatic carbocycles. The van der Waals surface area contributed by atoms with Crippen molar-refractivity contribution in [1.82, 2.24) is 4.98 Å². The van der Waals surface area contributed by atoms with Crippen LogP contribution in [0.3, 0.4) is 0 Å². The minimum atomic E-state index is -4.68. The van der Waals surface area contributed by atoms with Gasteiger partial charge in [-0.1, -0.05) is 12.1 Å². The van der Waals surface area contributed by atoms with Crippen LogP contribution in [0, 0.1) is 0 Å². The molecule has 0 aliphatic heterocycles. The van der Waals surface area contributed by atoms with E-state index in [9.17, 15) is 18.3 Å². The van der Waals surface area contributed by atoms with Crippen LogP contribution >= 0.6 is 0 Å². The third kappa shape index (κ3) is 3.77. The van der Waals surface area contributed by atoms with Crippen LogP contribution in [-0.4, -0.2) is 16.5 Å². The minimum absolute atomic E-state index is 0.215. The van der Waals surface area contributed by atoms with Gasteiger partial charge in [0.25, 0.3) is 0 Å². The molecule has 120 valence electrons. The zero-order valence-corrected chi connectivity index (χ0v) is 12.0. The summed E-state index contributed by atoms with van der Waals surface area (Å²) in [5.41, 5.74) is 2.70. The lowest BCUT2D eigenvalue weighted by atomic mass is 10.0. The van der Waals surface area contributed by atoms with Crippen molar-refractivity contribution < 1.29 is 23.0 Å². The van der Waals surface area contributed by atoms with Crippen LogP contribution in [0.15, 0.2) is 48.7 Å². The number of aromatic hydroxyl groups is 1. The van der Waals surface area contributed by atoms with Crippen LogP contribution in [0.1, 0.15) is 11.1 Å². The maximum Gasteiger partial charge on any atom is 0.573 e. The lowest BCUT2D eigenvalue weighted by Crippen LogP contribution is -2.17. The zero-order valence-electron chi connectivity index (χ0n) is 12.0. The summed E-state index contributed by atoms with van der Waals surface area (Å²) in [6.07, 6.45) is -1.60. The molecule has 2 N–H and O–H groups in total. The fourth-order valence-electron chi connectivity index (χ4n) is 2.50. The predicted molar refractivity (Wildman–Crippen MR) is 80.5 cm³/mol. The van der Waals surface area contributed by atoms with Crippen LogP contribution in [0.2, 0.25) is 0 Å². The number of aromatic nitrogens is 1. The number of halogens is 3. The fraction of sp³-hybridized carbons (Fsp3) is 0.176. The Bertz CT molecular complexity index is 807. The SMILES string of the molecule is Oc1cc(CCc2ccc(OC(F)(F)F)cc2)cc2[nH]ccc12. The molecule has 3 nitrogen and oxygen atoms in total. The molecule has 6 heteroatoms. The molecule has 3 rings (SSSR count). The summed E-state index contributed by atoms with van der Waals surface area (Å²) in [6.45, 7) is 0. The minimum Gasteiger partial charge on any atom is -0.507 e. The molecule has 2 aromatic carbocycles. The van der Waals surface area contributed by atoms with E-state index in [0.29, 0.717) is 12.8 Å². The van der Waals surface area contributed by atoms with Crippen LogP contribution in [-0.2, 0) is 12.8 Å². The number of fused-ring (bicyclic) bond motifs is 1. The fourth-order valence-corrected chi connectivity index (χ4v) is 2.50. The lowest BCUT2D eigenvalue weighted by Gasteiger charge is -2.09. The lowest BCUT2D eigenvalue weighted by molar-refractivity contribution is -0.274. The van der Waals surface area contributed by atoms with E-state index >= 15 is 0 Å². The highest BCUT2D eigenvalue weighted by Crippen LogP contribution is 2.27.